The molecule has 0 amide bonds. The van der Waals surface area contributed by atoms with Crippen LogP contribution in [0, 0.1) is 0 Å². The fraction of sp³-hybridized carbons (Fsp3) is 0.0952. The van der Waals surface area contributed by atoms with Crippen LogP contribution in [0.5, 0.6) is 5.75 Å². The summed E-state index contributed by atoms with van der Waals surface area (Å²) in [7, 11) is -2.56. The zero-order valence-electron chi connectivity index (χ0n) is 15.0. The number of methoxy groups -OCH3 is 1. The van der Waals surface area contributed by atoms with Crippen molar-refractivity contribution in [2.45, 2.75) is 11.3 Å². The van der Waals surface area contributed by atoms with Crippen LogP contribution in [-0.2, 0) is 16.4 Å². The van der Waals surface area contributed by atoms with Gasteiger partial charge in [-0.2, -0.15) is 0 Å². The molecule has 0 N–H and O–H groups in total. The van der Waals surface area contributed by atoms with Gasteiger partial charge in [0, 0.05) is 11.4 Å². The molecule has 7 heteroatoms. The van der Waals surface area contributed by atoms with E-state index in [2.05, 4.69) is 4.98 Å². The molecule has 0 saturated heterocycles. The average molecular weight is 413 g/mol. The Kier molecular flexibility index (Phi) is 4.83. The zero-order chi connectivity index (χ0) is 19.7. The van der Waals surface area contributed by atoms with Crippen LogP contribution in [0.25, 0.3) is 11.0 Å². The summed E-state index contributed by atoms with van der Waals surface area (Å²) in [6.07, 6.45) is 0.373. The lowest BCUT2D eigenvalue weighted by molar-refractivity contribution is 0.402. The van der Waals surface area contributed by atoms with Crippen molar-refractivity contribution >= 4 is 32.7 Å². The van der Waals surface area contributed by atoms with Crippen molar-refractivity contribution in [3.63, 3.8) is 0 Å². The summed E-state index contributed by atoms with van der Waals surface area (Å²) in [4.78, 5) is 4.59. The van der Waals surface area contributed by atoms with Crippen LogP contribution < -0.4 is 4.74 Å². The number of nitrogens with zero attached hydrogens (tertiary/aromatic N) is 2. The SMILES string of the molecule is COc1ccc(Cl)cc1S(=O)(=O)n1c(Cc2ccccc2)nc2ccccc21. The Hall–Kier alpha value is -2.83. The summed E-state index contributed by atoms with van der Waals surface area (Å²) >= 11 is 6.08. The first-order valence-electron chi connectivity index (χ1n) is 8.60. The summed E-state index contributed by atoms with van der Waals surface area (Å²) < 4.78 is 33.8. The number of hydrogen-bond acceptors (Lipinski definition) is 4. The summed E-state index contributed by atoms with van der Waals surface area (Å²) in [6.45, 7) is 0. The molecule has 5 nitrogen and oxygen atoms in total. The molecular weight excluding hydrogens is 396 g/mol. The van der Waals surface area contributed by atoms with Crippen LogP contribution in [0.15, 0.2) is 77.7 Å². The van der Waals surface area contributed by atoms with Gasteiger partial charge in [-0.25, -0.2) is 17.4 Å². The molecular formula is C21H17ClN2O3S. The molecule has 0 aliphatic rings. The molecule has 28 heavy (non-hydrogen) atoms. The number of rotatable bonds is 5. The highest BCUT2D eigenvalue weighted by Gasteiger charge is 2.27. The van der Waals surface area contributed by atoms with Crippen molar-refractivity contribution in [1.29, 1.82) is 0 Å². The molecule has 3 aromatic carbocycles. The fourth-order valence-electron chi connectivity index (χ4n) is 3.16. The maximum absolute atomic E-state index is 13.6. The third kappa shape index (κ3) is 3.25. The number of benzene rings is 3. The van der Waals surface area contributed by atoms with E-state index in [0.29, 0.717) is 28.3 Å². The van der Waals surface area contributed by atoms with Crippen LogP contribution in [0.2, 0.25) is 5.02 Å². The molecule has 0 unspecified atom stereocenters. The van der Waals surface area contributed by atoms with Gasteiger partial charge in [0.05, 0.1) is 18.1 Å². The lowest BCUT2D eigenvalue weighted by Gasteiger charge is -2.14. The Balaban J connectivity index is 1.97. The highest BCUT2D eigenvalue weighted by atomic mass is 35.5. The number of aromatic nitrogens is 2. The molecule has 4 aromatic rings. The lowest BCUT2D eigenvalue weighted by Crippen LogP contribution is -2.17. The largest absolute Gasteiger partial charge is 0.495 e. The van der Waals surface area contributed by atoms with Gasteiger partial charge in [0.25, 0.3) is 10.0 Å². The van der Waals surface area contributed by atoms with Crippen LogP contribution in [0.3, 0.4) is 0 Å². The Morgan fingerprint density at radius 1 is 1.00 bits per heavy atom. The first kappa shape index (κ1) is 18.5. The summed E-state index contributed by atoms with van der Waals surface area (Å²) in [6, 6.07) is 21.3. The van der Waals surface area contributed by atoms with E-state index in [0.717, 1.165) is 5.56 Å². The number of ether oxygens (including phenoxy) is 1. The minimum atomic E-state index is -3.99. The van der Waals surface area contributed by atoms with Gasteiger partial charge in [-0.3, -0.25) is 0 Å². The van der Waals surface area contributed by atoms with Crippen molar-refractivity contribution < 1.29 is 13.2 Å². The van der Waals surface area contributed by atoms with Crippen molar-refractivity contribution in [1.82, 2.24) is 8.96 Å². The topological polar surface area (TPSA) is 61.2 Å². The number of imidazole rings is 1. The van der Waals surface area contributed by atoms with Gasteiger partial charge in [-0.15, -0.1) is 0 Å². The van der Waals surface area contributed by atoms with Crippen LogP contribution in [0.1, 0.15) is 11.4 Å². The molecule has 0 aliphatic carbocycles. The highest BCUT2D eigenvalue weighted by molar-refractivity contribution is 7.90. The number of fused-ring (bicyclic) bond motifs is 1. The molecule has 0 bridgehead atoms. The Bertz CT molecular complexity index is 1250. The minimum Gasteiger partial charge on any atom is -0.495 e. The Morgan fingerprint density at radius 2 is 1.71 bits per heavy atom. The first-order valence-corrected chi connectivity index (χ1v) is 10.4. The van der Waals surface area contributed by atoms with E-state index >= 15 is 0 Å². The van der Waals surface area contributed by atoms with E-state index in [4.69, 9.17) is 16.3 Å². The maximum atomic E-state index is 13.6. The van der Waals surface area contributed by atoms with Gasteiger partial charge < -0.3 is 4.74 Å². The van der Waals surface area contributed by atoms with E-state index < -0.39 is 10.0 Å². The van der Waals surface area contributed by atoms with Crippen LogP contribution in [-0.4, -0.2) is 24.5 Å². The first-order chi connectivity index (χ1) is 13.5. The van der Waals surface area contributed by atoms with E-state index in [-0.39, 0.29) is 10.6 Å². The number of hydrogen-bond donors (Lipinski definition) is 0. The van der Waals surface area contributed by atoms with Gasteiger partial charge >= 0.3 is 0 Å². The van der Waals surface area contributed by atoms with Gasteiger partial charge in [0.15, 0.2) is 0 Å². The van der Waals surface area contributed by atoms with E-state index in [1.807, 2.05) is 36.4 Å². The smallest absolute Gasteiger partial charge is 0.273 e. The standard InChI is InChI=1S/C21H17ClN2O3S/c1-27-19-12-11-16(22)14-20(19)28(25,26)24-18-10-6-5-9-17(18)23-21(24)13-15-7-3-2-4-8-15/h2-12,14H,13H2,1H3. The van der Waals surface area contributed by atoms with Crippen molar-refractivity contribution in [2.75, 3.05) is 7.11 Å². The molecule has 0 aliphatic heterocycles. The Labute approximate surface area is 168 Å². The van der Waals surface area contributed by atoms with Gasteiger partial charge in [-0.05, 0) is 35.9 Å². The zero-order valence-corrected chi connectivity index (χ0v) is 16.6. The highest BCUT2D eigenvalue weighted by Crippen LogP contribution is 2.32. The van der Waals surface area contributed by atoms with E-state index in [9.17, 15) is 8.42 Å². The summed E-state index contributed by atoms with van der Waals surface area (Å²) in [5.74, 6) is 0.655. The molecule has 0 radical (unpaired) electrons. The molecule has 1 aromatic heterocycles. The third-order valence-electron chi connectivity index (χ3n) is 4.43. The van der Waals surface area contributed by atoms with Crippen molar-refractivity contribution in [3.8, 4) is 5.75 Å². The molecule has 0 saturated carbocycles. The molecule has 142 valence electrons. The number of halogens is 1. The molecule has 0 atom stereocenters. The molecule has 4 rings (SSSR count). The Morgan fingerprint density at radius 3 is 2.46 bits per heavy atom. The lowest BCUT2D eigenvalue weighted by atomic mass is 10.1. The predicted molar refractivity (Wildman–Crippen MR) is 110 cm³/mol. The van der Waals surface area contributed by atoms with Crippen LogP contribution in [0.4, 0.5) is 0 Å². The monoisotopic (exact) mass is 412 g/mol. The van der Waals surface area contributed by atoms with E-state index in [1.165, 1.54) is 17.1 Å². The van der Waals surface area contributed by atoms with Gasteiger partial charge in [0.2, 0.25) is 0 Å². The maximum Gasteiger partial charge on any atom is 0.273 e. The van der Waals surface area contributed by atoms with Crippen molar-refractivity contribution in [2.24, 2.45) is 0 Å². The summed E-state index contributed by atoms with van der Waals surface area (Å²) in [5, 5.41) is 0.313. The second-order valence-electron chi connectivity index (χ2n) is 6.24. The van der Waals surface area contributed by atoms with Gasteiger partial charge in [0.1, 0.15) is 16.5 Å². The van der Waals surface area contributed by atoms with Crippen LogP contribution >= 0.6 is 11.6 Å². The average Bonchev–Trinajstić information content (AvgIpc) is 3.07. The molecule has 1 heterocycles. The van der Waals surface area contributed by atoms with Gasteiger partial charge in [-0.1, -0.05) is 54.1 Å². The number of para-hydroxylation sites is 2. The fourth-order valence-corrected chi connectivity index (χ4v) is 5.07. The normalized spacial score (nSPS) is 11.6. The van der Waals surface area contributed by atoms with Crippen molar-refractivity contribution in [3.05, 3.63) is 89.2 Å². The quantitative estimate of drug-likeness (QED) is 0.483. The molecule has 0 fully saturated rings. The predicted octanol–water partition coefficient (Wildman–Crippen LogP) is 4.53. The second-order valence-corrected chi connectivity index (χ2v) is 8.44. The summed E-state index contributed by atoms with van der Waals surface area (Å²) in [5.41, 5.74) is 2.08. The molecule has 0 spiro atoms. The second kappa shape index (κ2) is 7.30. The third-order valence-corrected chi connectivity index (χ3v) is 6.43. The van der Waals surface area contributed by atoms with E-state index in [1.54, 1.807) is 30.3 Å². The minimum absolute atomic E-state index is 0.0000326.